The van der Waals surface area contributed by atoms with E-state index in [1.165, 1.54) is 39.1 Å². The first-order valence-corrected chi connectivity index (χ1v) is 11.7. The number of benzene rings is 1. The molecule has 1 aliphatic heterocycles. The van der Waals surface area contributed by atoms with Crippen LogP contribution in [-0.4, -0.2) is 63.3 Å². The van der Waals surface area contributed by atoms with Gasteiger partial charge in [0.1, 0.15) is 4.90 Å². The molecule has 0 unspecified atom stereocenters. The summed E-state index contributed by atoms with van der Waals surface area (Å²) in [5.74, 6) is 0.0586. The Labute approximate surface area is 177 Å². The van der Waals surface area contributed by atoms with Crippen LogP contribution in [0, 0.1) is 5.92 Å². The number of carbonyl (C=O) groups excluding carboxylic acids is 1. The van der Waals surface area contributed by atoms with Crippen molar-refractivity contribution in [3.63, 3.8) is 0 Å². The SMILES string of the molecule is CN1CC[C@H](NC(=O)c2cc(S(=O)(=O)N(C)C)c(Cl)cc2Cl)[C@@H]2CCCC[C@H]21. The summed E-state index contributed by atoms with van der Waals surface area (Å²) in [5, 5.41) is 3.27. The van der Waals surface area contributed by atoms with Gasteiger partial charge in [-0.3, -0.25) is 4.79 Å². The summed E-state index contributed by atoms with van der Waals surface area (Å²) in [4.78, 5) is 15.3. The van der Waals surface area contributed by atoms with Gasteiger partial charge >= 0.3 is 0 Å². The summed E-state index contributed by atoms with van der Waals surface area (Å²) >= 11 is 12.3. The molecule has 6 nitrogen and oxygen atoms in total. The average Bonchev–Trinajstić information content (AvgIpc) is 2.63. The van der Waals surface area contributed by atoms with Gasteiger partial charge in [-0.05, 0) is 44.4 Å². The molecule has 28 heavy (non-hydrogen) atoms. The number of likely N-dealkylation sites (tertiary alicyclic amines) is 1. The fraction of sp³-hybridized carbons (Fsp3) is 0.632. The molecule has 3 atom stereocenters. The molecular formula is C19H27Cl2N3O3S. The van der Waals surface area contributed by atoms with Gasteiger partial charge in [0.2, 0.25) is 10.0 Å². The highest BCUT2D eigenvalue weighted by molar-refractivity contribution is 7.89. The van der Waals surface area contributed by atoms with Gasteiger partial charge in [-0.15, -0.1) is 0 Å². The number of piperidine rings is 1. The van der Waals surface area contributed by atoms with E-state index in [1.54, 1.807) is 0 Å². The monoisotopic (exact) mass is 447 g/mol. The average molecular weight is 448 g/mol. The maximum Gasteiger partial charge on any atom is 0.253 e. The second-order valence-corrected chi connectivity index (χ2v) is 10.8. The van der Waals surface area contributed by atoms with Crippen LogP contribution in [0.25, 0.3) is 0 Å². The van der Waals surface area contributed by atoms with Crippen LogP contribution < -0.4 is 5.32 Å². The third kappa shape index (κ3) is 4.19. The summed E-state index contributed by atoms with van der Waals surface area (Å²) < 4.78 is 26.1. The van der Waals surface area contributed by atoms with Crippen molar-refractivity contribution < 1.29 is 13.2 Å². The number of sulfonamides is 1. The van der Waals surface area contributed by atoms with Crippen molar-refractivity contribution in [3.8, 4) is 0 Å². The number of hydrogen-bond donors (Lipinski definition) is 1. The first-order chi connectivity index (χ1) is 13.1. The zero-order valence-electron chi connectivity index (χ0n) is 16.4. The van der Waals surface area contributed by atoms with Gasteiger partial charge in [0.25, 0.3) is 5.91 Å². The molecule has 9 heteroatoms. The molecule has 0 spiro atoms. The van der Waals surface area contributed by atoms with E-state index in [-0.39, 0.29) is 32.5 Å². The molecule has 0 radical (unpaired) electrons. The lowest BCUT2D eigenvalue weighted by Gasteiger charge is -2.46. The molecule has 1 heterocycles. The largest absolute Gasteiger partial charge is 0.349 e. The lowest BCUT2D eigenvalue weighted by molar-refractivity contribution is 0.0505. The van der Waals surface area contributed by atoms with Crippen molar-refractivity contribution in [1.29, 1.82) is 0 Å². The first-order valence-electron chi connectivity index (χ1n) is 9.55. The molecule has 1 aliphatic carbocycles. The van der Waals surface area contributed by atoms with Crippen LogP contribution in [0.3, 0.4) is 0 Å². The predicted octanol–water partition coefficient (Wildman–Crippen LogP) is 3.24. The van der Waals surface area contributed by atoms with Crippen LogP contribution in [-0.2, 0) is 10.0 Å². The third-order valence-electron chi connectivity index (χ3n) is 6.00. The molecule has 1 aromatic carbocycles. The van der Waals surface area contributed by atoms with Gasteiger partial charge in [0.05, 0.1) is 15.6 Å². The zero-order valence-corrected chi connectivity index (χ0v) is 18.7. The van der Waals surface area contributed by atoms with E-state index in [9.17, 15) is 13.2 Å². The highest BCUT2D eigenvalue weighted by atomic mass is 35.5. The van der Waals surface area contributed by atoms with E-state index in [4.69, 9.17) is 23.2 Å². The molecule has 156 valence electrons. The Balaban J connectivity index is 1.86. The van der Waals surface area contributed by atoms with E-state index >= 15 is 0 Å². The Morgan fingerprint density at radius 3 is 2.50 bits per heavy atom. The van der Waals surface area contributed by atoms with Crippen LogP contribution in [0.15, 0.2) is 17.0 Å². The first kappa shape index (κ1) is 21.8. The number of amides is 1. The number of fused-ring (bicyclic) bond motifs is 1. The lowest BCUT2D eigenvalue weighted by Crippen LogP contribution is -2.56. The molecule has 1 amide bonds. The summed E-state index contributed by atoms with van der Waals surface area (Å²) in [6.45, 7) is 0.931. The van der Waals surface area contributed by atoms with Gasteiger partial charge in [-0.25, -0.2) is 12.7 Å². The fourth-order valence-corrected chi connectivity index (χ4v) is 6.13. The molecule has 3 rings (SSSR count). The number of rotatable bonds is 4. The van der Waals surface area contributed by atoms with Gasteiger partial charge in [0.15, 0.2) is 0 Å². The highest BCUT2D eigenvalue weighted by Crippen LogP contribution is 2.35. The van der Waals surface area contributed by atoms with Crippen LogP contribution in [0.1, 0.15) is 42.5 Å². The topological polar surface area (TPSA) is 69.7 Å². The smallest absolute Gasteiger partial charge is 0.253 e. The van der Waals surface area contributed by atoms with Crippen molar-refractivity contribution in [2.75, 3.05) is 27.7 Å². The van der Waals surface area contributed by atoms with E-state index < -0.39 is 10.0 Å². The van der Waals surface area contributed by atoms with Crippen molar-refractivity contribution in [2.24, 2.45) is 5.92 Å². The summed E-state index contributed by atoms with van der Waals surface area (Å²) in [5.41, 5.74) is 0.137. The number of halogens is 2. The van der Waals surface area contributed by atoms with Crippen LogP contribution >= 0.6 is 23.2 Å². The van der Waals surface area contributed by atoms with Gasteiger partial charge < -0.3 is 10.2 Å². The Morgan fingerprint density at radius 1 is 1.14 bits per heavy atom. The van der Waals surface area contributed by atoms with Crippen molar-refractivity contribution in [1.82, 2.24) is 14.5 Å². The van der Waals surface area contributed by atoms with Crippen LogP contribution in [0.4, 0.5) is 0 Å². The van der Waals surface area contributed by atoms with Gasteiger partial charge in [-0.2, -0.15) is 0 Å². The molecule has 2 fully saturated rings. The summed E-state index contributed by atoms with van der Waals surface area (Å²) in [6, 6.07) is 3.16. The summed E-state index contributed by atoms with van der Waals surface area (Å²) in [7, 11) is 1.20. The van der Waals surface area contributed by atoms with E-state index in [0.717, 1.165) is 30.1 Å². The van der Waals surface area contributed by atoms with E-state index in [2.05, 4.69) is 17.3 Å². The predicted molar refractivity (Wildman–Crippen MR) is 112 cm³/mol. The second kappa shape index (κ2) is 8.48. The molecule has 1 saturated heterocycles. The molecule has 0 aromatic heterocycles. The fourth-order valence-electron chi connectivity index (χ4n) is 4.40. The number of hydrogen-bond acceptors (Lipinski definition) is 4. The molecule has 1 aromatic rings. The third-order valence-corrected chi connectivity index (χ3v) is 8.59. The Morgan fingerprint density at radius 2 is 1.82 bits per heavy atom. The van der Waals surface area contributed by atoms with E-state index in [0.29, 0.717) is 12.0 Å². The van der Waals surface area contributed by atoms with Crippen LogP contribution in [0.2, 0.25) is 10.0 Å². The maximum absolute atomic E-state index is 13.0. The quantitative estimate of drug-likeness (QED) is 0.768. The van der Waals surface area contributed by atoms with Crippen molar-refractivity contribution >= 4 is 39.1 Å². The molecule has 1 saturated carbocycles. The molecule has 2 aliphatic rings. The Hall–Kier alpha value is -0.860. The van der Waals surface area contributed by atoms with Crippen LogP contribution in [0.5, 0.6) is 0 Å². The van der Waals surface area contributed by atoms with Gasteiger partial charge in [0, 0.05) is 32.7 Å². The number of nitrogens with one attached hydrogen (secondary N) is 1. The second-order valence-electron chi connectivity index (χ2n) is 7.91. The van der Waals surface area contributed by atoms with Crippen molar-refractivity contribution in [2.45, 2.75) is 49.1 Å². The van der Waals surface area contributed by atoms with E-state index in [1.807, 2.05) is 0 Å². The van der Waals surface area contributed by atoms with Gasteiger partial charge in [-0.1, -0.05) is 36.0 Å². The summed E-state index contributed by atoms with van der Waals surface area (Å²) in [6.07, 6.45) is 5.52. The normalized spacial score (nSPS) is 26.1. The number of nitrogens with zero attached hydrogens (tertiary/aromatic N) is 2. The highest BCUT2D eigenvalue weighted by Gasteiger charge is 2.38. The minimum Gasteiger partial charge on any atom is -0.349 e. The van der Waals surface area contributed by atoms with Crippen molar-refractivity contribution in [3.05, 3.63) is 27.7 Å². The minimum absolute atomic E-state index is 0.00175. The maximum atomic E-state index is 13.0. The lowest BCUT2D eigenvalue weighted by atomic mass is 9.75. The number of carbonyl (C=O) groups is 1. The molecular weight excluding hydrogens is 421 g/mol. The minimum atomic E-state index is -3.78. The Bertz CT molecular complexity index is 860. The Kier molecular flexibility index (Phi) is 6.61. The zero-order chi connectivity index (χ0) is 20.6. The standard InChI is InChI=1S/C19H27Cl2N3O3S/c1-23(2)28(26,27)18-10-13(14(20)11-15(18)21)19(25)22-16-8-9-24(3)17-7-5-4-6-12(16)17/h10-12,16-17H,4-9H2,1-3H3,(H,22,25)/t12-,16-,17+/m0/s1. The molecule has 0 bridgehead atoms. The molecule has 1 N–H and O–H groups in total.